The molecule has 1 saturated heterocycles. The fourth-order valence-electron chi connectivity index (χ4n) is 4.00. The van der Waals surface area contributed by atoms with Crippen molar-refractivity contribution in [2.24, 2.45) is 0 Å². The average Bonchev–Trinajstić information content (AvgIpc) is 3.15. The molecule has 2 fully saturated rings. The fourth-order valence-corrected chi connectivity index (χ4v) is 4.19. The van der Waals surface area contributed by atoms with Gasteiger partial charge in [0.1, 0.15) is 0 Å². The Morgan fingerprint density at radius 3 is 2.68 bits per heavy atom. The number of nitrogens with one attached hydrogen (secondary N) is 1. The molecule has 2 N–H and O–H groups in total. The Bertz CT molecular complexity index is 1090. The number of halogens is 1. The van der Waals surface area contributed by atoms with Gasteiger partial charge in [-0.05, 0) is 24.1 Å². The third-order valence-electron chi connectivity index (χ3n) is 5.94. The van der Waals surface area contributed by atoms with Crippen molar-refractivity contribution in [2.45, 2.75) is 37.5 Å². The number of hydrogen-bond donors (Lipinski definition) is 2. The fraction of sp³-hybridized carbons (Fsp3) is 0.364. The Labute approximate surface area is 184 Å². The largest absolute Gasteiger partial charge is 0.385 e. The molecule has 2 aromatic heterocycles. The zero-order valence-corrected chi connectivity index (χ0v) is 17.7. The summed E-state index contributed by atoms with van der Waals surface area (Å²) in [6, 6.07) is 7.12. The highest BCUT2D eigenvalue weighted by Crippen LogP contribution is 2.42. The number of aliphatic hydroxyl groups is 1. The summed E-state index contributed by atoms with van der Waals surface area (Å²) >= 11 is 6.02. The van der Waals surface area contributed by atoms with Crippen LogP contribution in [0.1, 0.15) is 40.7 Å². The van der Waals surface area contributed by atoms with Crippen molar-refractivity contribution in [1.82, 2.24) is 25.1 Å². The molecule has 160 valence electrons. The summed E-state index contributed by atoms with van der Waals surface area (Å²) in [5.41, 5.74) is 1.23. The Hall–Kier alpha value is -2.97. The molecule has 8 nitrogen and oxygen atoms in total. The van der Waals surface area contributed by atoms with Crippen LogP contribution in [0.25, 0.3) is 0 Å². The summed E-state index contributed by atoms with van der Waals surface area (Å²) in [4.78, 5) is 23.5. The summed E-state index contributed by atoms with van der Waals surface area (Å²) in [6.07, 6.45) is 8.94. The predicted octanol–water partition coefficient (Wildman–Crippen LogP) is 2.36. The molecule has 3 heterocycles. The topological polar surface area (TPSA) is 96.2 Å². The molecule has 5 rings (SSSR count). The quantitative estimate of drug-likeness (QED) is 0.613. The first-order valence-corrected chi connectivity index (χ1v) is 10.7. The number of carbonyl (C=O) groups is 1. The normalized spacial score (nSPS) is 22.5. The van der Waals surface area contributed by atoms with Crippen molar-refractivity contribution in [3.05, 3.63) is 70.8 Å². The molecule has 1 aliphatic carbocycles. The highest BCUT2D eigenvalue weighted by molar-refractivity contribution is 6.30. The van der Waals surface area contributed by atoms with Gasteiger partial charge in [0.2, 0.25) is 5.95 Å². The van der Waals surface area contributed by atoms with Gasteiger partial charge in [-0.1, -0.05) is 23.7 Å². The molecule has 0 unspecified atom stereocenters. The van der Waals surface area contributed by atoms with E-state index in [1.54, 1.807) is 41.6 Å². The number of carbonyl (C=O) groups excluding carboxylic acids is 1. The van der Waals surface area contributed by atoms with Crippen LogP contribution in [0.15, 0.2) is 49.1 Å². The van der Waals surface area contributed by atoms with Crippen molar-refractivity contribution in [1.29, 1.82) is 0 Å². The first-order valence-electron chi connectivity index (χ1n) is 10.4. The van der Waals surface area contributed by atoms with Crippen molar-refractivity contribution in [3.63, 3.8) is 0 Å². The van der Waals surface area contributed by atoms with Crippen LogP contribution in [0, 0.1) is 0 Å². The van der Waals surface area contributed by atoms with Crippen LogP contribution in [0.5, 0.6) is 0 Å². The van der Waals surface area contributed by atoms with E-state index in [9.17, 15) is 9.90 Å². The van der Waals surface area contributed by atoms with Gasteiger partial charge in [-0.2, -0.15) is 5.10 Å². The van der Waals surface area contributed by atoms with E-state index < -0.39 is 5.60 Å². The minimum Gasteiger partial charge on any atom is -0.385 e. The third-order valence-corrected chi connectivity index (χ3v) is 6.17. The molecule has 1 aliphatic heterocycles. The van der Waals surface area contributed by atoms with Crippen molar-refractivity contribution in [3.8, 4) is 0 Å². The molecule has 1 amide bonds. The van der Waals surface area contributed by atoms with E-state index in [0.717, 1.165) is 30.2 Å². The average molecular weight is 439 g/mol. The van der Waals surface area contributed by atoms with Gasteiger partial charge in [-0.25, -0.2) is 9.97 Å². The van der Waals surface area contributed by atoms with E-state index in [4.69, 9.17) is 11.6 Å². The molecular formula is C22H23ClN6O2. The monoisotopic (exact) mass is 438 g/mol. The van der Waals surface area contributed by atoms with Crippen LogP contribution >= 0.6 is 11.6 Å². The first kappa shape index (κ1) is 20.0. The van der Waals surface area contributed by atoms with Crippen molar-refractivity contribution in [2.75, 3.05) is 18.0 Å². The zero-order valence-electron chi connectivity index (χ0n) is 16.9. The van der Waals surface area contributed by atoms with Gasteiger partial charge in [0.25, 0.3) is 5.91 Å². The van der Waals surface area contributed by atoms with Gasteiger partial charge in [-0.15, -0.1) is 0 Å². The minimum absolute atomic E-state index is 0.0951. The standard InChI is InChI=1S/C22H23ClN6O2/c23-18-4-1-3-17(7-18)22(31)8-19(9-22)27-20(30)16-12-26-29(14-16)13-15-10-24-21(25-11-15)28-5-2-6-28/h1,3-4,7,10-12,14,19,31H,2,5-6,8-9,13H2,(H,27,30). The number of anilines is 1. The number of aromatic nitrogens is 4. The van der Waals surface area contributed by atoms with Crippen molar-refractivity contribution >= 4 is 23.5 Å². The number of hydrogen-bond acceptors (Lipinski definition) is 6. The van der Waals surface area contributed by atoms with Gasteiger partial charge in [0.05, 0.1) is 23.9 Å². The Kier molecular flexibility index (Phi) is 5.11. The van der Waals surface area contributed by atoms with Gasteiger partial charge >= 0.3 is 0 Å². The highest BCUT2D eigenvalue weighted by atomic mass is 35.5. The molecule has 0 bridgehead atoms. The van der Waals surface area contributed by atoms with Gasteiger partial charge in [0.15, 0.2) is 0 Å². The summed E-state index contributed by atoms with van der Waals surface area (Å²) in [6.45, 7) is 2.51. The maximum absolute atomic E-state index is 12.6. The third kappa shape index (κ3) is 4.13. The second-order valence-corrected chi connectivity index (χ2v) is 8.72. The number of nitrogens with zero attached hydrogens (tertiary/aromatic N) is 5. The SMILES string of the molecule is O=C(NC1CC(O)(c2cccc(Cl)c2)C1)c1cnn(Cc2cnc(N3CCC3)nc2)c1. The van der Waals surface area contributed by atoms with Gasteiger partial charge in [0, 0.05) is 61.1 Å². The van der Waals surface area contributed by atoms with E-state index in [0.29, 0.717) is 30.0 Å². The van der Waals surface area contributed by atoms with E-state index >= 15 is 0 Å². The van der Waals surface area contributed by atoms with E-state index in [2.05, 4.69) is 25.3 Å². The van der Waals surface area contributed by atoms with Crippen LogP contribution in [-0.4, -0.2) is 49.9 Å². The van der Waals surface area contributed by atoms with E-state index in [1.165, 1.54) is 6.42 Å². The molecule has 1 aromatic carbocycles. The highest BCUT2D eigenvalue weighted by Gasteiger charge is 2.44. The molecule has 3 aromatic rings. The first-order chi connectivity index (χ1) is 15.0. The molecule has 1 saturated carbocycles. The zero-order chi connectivity index (χ0) is 21.4. The molecule has 0 radical (unpaired) electrons. The van der Waals surface area contributed by atoms with Crippen molar-refractivity contribution < 1.29 is 9.90 Å². The maximum Gasteiger partial charge on any atom is 0.254 e. The second-order valence-electron chi connectivity index (χ2n) is 8.28. The van der Waals surface area contributed by atoms with Crippen LogP contribution in [0.3, 0.4) is 0 Å². The van der Waals surface area contributed by atoms with E-state index in [1.807, 2.05) is 12.1 Å². The van der Waals surface area contributed by atoms with Gasteiger partial charge in [-0.3, -0.25) is 9.48 Å². The minimum atomic E-state index is -0.949. The smallest absolute Gasteiger partial charge is 0.254 e. The van der Waals surface area contributed by atoms with Crippen LogP contribution in [-0.2, 0) is 12.1 Å². The van der Waals surface area contributed by atoms with E-state index in [-0.39, 0.29) is 11.9 Å². The number of amides is 1. The Morgan fingerprint density at radius 1 is 1.23 bits per heavy atom. The molecule has 0 spiro atoms. The molecule has 9 heteroatoms. The predicted molar refractivity (Wildman–Crippen MR) is 116 cm³/mol. The lowest BCUT2D eigenvalue weighted by atomic mass is 9.71. The second kappa shape index (κ2) is 7.94. The molecular weight excluding hydrogens is 416 g/mol. The van der Waals surface area contributed by atoms with Crippen LogP contribution in [0.2, 0.25) is 5.02 Å². The molecule has 0 atom stereocenters. The summed E-state index contributed by atoms with van der Waals surface area (Å²) < 4.78 is 1.69. The lowest BCUT2D eigenvalue weighted by Crippen LogP contribution is -2.53. The van der Waals surface area contributed by atoms with Crippen LogP contribution < -0.4 is 10.2 Å². The summed E-state index contributed by atoms with van der Waals surface area (Å²) in [7, 11) is 0. The number of benzene rings is 1. The Balaban J connectivity index is 1.15. The number of rotatable bonds is 6. The summed E-state index contributed by atoms with van der Waals surface area (Å²) in [5, 5.41) is 18.6. The molecule has 31 heavy (non-hydrogen) atoms. The Morgan fingerprint density at radius 2 is 2.00 bits per heavy atom. The lowest BCUT2D eigenvalue weighted by molar-refractivity contribution is -0.0595. The molecule has 2 aliphatic rings. The maximum atomic E-state index is 12.6. The van der Waals surface area contributed by atoms with Crippen LogP contribution in [0.4, 0.5) is 5.95 Å². The van der Waals surface area contributed by atoms with Gasteiger partial charge < -0.3 is 15.3 Å². The summed E-state index contributed by atoms with van der Waals surface area (Å²) in [5.74, 6) is 0.558. The lowest BCUT2D eigenvalue weighted by Gasteiger charge is -2.44.